The van der Waals surface area contributed by atoms with Crippen molar-refractivity contribution in [3.05, 3.63) is 0 Å². The number of hydrogen-bond donors (Lipinski definition) is 1. The lowest BCUT2D eigenvalue weighted by molar-refractivity contribution is 0.365. The zero-order valence-electron chi connectivity index (χ0n) is 9.71. The summed E-state index contributed by atoms with van der Waals surface area (Å²) in [5.74, 6) is 0. The van der Waals surface area contributed by atoms with Gasteiger partial charge in [-0.05, 0) is 53.4 Å². The molecule has 1 N–H and O–H groups in total. The van der Waals surface area contributed by atoms with Gasteiger partial charge in [-0.1, -0.05) is 0 Å². The van der Waals surface area contributed by atoms with Gasteiger partial charge in [0, 0.05) is 12.5 Å². The van der Waals surface area contributed by atoms with Crippen LogP contribution in [0, 0.1) is 11.3 Å². The fourth-order valence-corrected chi connectivity index (χ4v) is 1.23. The van der Waals surface area contributed by atoms with Crippen molar-refractivity contribution < 1.29 is 0 Å². The van der Waals surface area contributed by atoms with Crippen molar-refractivity contribution in [2.45, 2.75) is 38.6 Å². The summed E-state index contributed by atoms with van der Waals surface area (Å²) in [6.07, 6.45) is 4.00. The first-order valence-corrected chi connectivity index (χ1v) is 5.42. The van der Waals surface area contributed by atoms with Gasteiger partial charge in [-0.25, -0.2) is 0 Å². The minimum Gasteiger partial charge on any atom is -0.314 e. The molecule has 82 valence electrons. The monoisotopic (exact) mass is 197 g/mol. The van der Waals surface area contributed by atoms with Gasteiger partial charge < -0.3 is 10.2 Å². The fraction of sp³-hybridized carbons (Fsp3) is 0.909. The van der Waals surface area contributed by atoms with Gasteiger partial charge in [-0.15, -0.1) is 0 Å². The van der Waals surface area contributed by atoms with Crippen LogP contribution in [0.2, 0.25) is 0 Å². The van der Waals surface area contributed by atoms with Crippen molar-refractivity contribution in [3.63, 3.8) is 0 Å². The van der Waals surface area contributed by atoms with E-state index in [9.17, 15) is 0 Å². The molecule has 0 aromatic rings. The second kappa shape index (κ2) is 8.98. The lowest BCUT2D eigenvalue weighted by Crippen LogP contribution is -2.30. The lowest BCUT2D eigenvalue weighted by Gasteiger charge is -2.16. The minimum atomic E-state index is 0.583. The summed E-state index contributed by atoms with van der Waals surface area (Å²) >= 11 is 0. The summed E-state index contributed by atoms with van der Waals surface area (Å²) in [4.78, 5) is 2.20. The summed E-state index contributed by atoms with van der Waals surface area (Å²) in [7, 11) is 4.19. The highest BCUT2D eigenvalue weighted by Crippen LogP contribution is 1.95. The highest BCUT2D eigenvalue weighted by molar-refractivity contribution is 4.69. The van der Waals surface area contributed by atoms with Crippen LogP contribution >= 0.6 is 0 Å². The number of nitrogens with zero attached hydrogens (tertiary/aromatic N) is 2. The van der Waals surface area contributed by atoms with Crippen molar-refractivity contribution in [1.29, 1.82) is 5.26 Å². The molecule has 0 amide bonds. The molecule has 1 unspecified atom stereocenters. The van der Waals surface area contributed by atoms with Crippen LogP contribution in [0.25, 0.3) is 0 Å². The Morgan fingerprint density at radius 3 is 2.64 bits per heavy atom. The molecular weight excluding hydrogens is 174 g/mol. The quantitative estimate of drug-likeness (QED) is 0.601. The molecule has 3 heteroatoms. The van der Waals surface area contributed by atoms with Gasteiger partial charge in [-0.2, -0.15) is 5.26 Å². The van der Waals surface area contributed by atoms with E-state index in [0.717, 1.165) is 25.9 Å². The van der Waals surface area contributed by atoms with Crippen molar-refractivity contribution in [2.24, 2.45) is 0 Å². The normalized spacial score (nSPS) is 12.8. The Balaban J connectivity index is 3.19. The number of rotatable bonds is 8. The molecule has 0 rings (SSSR count). The maximum absolute atomic E-state index is 8.34. The molecule has 0 aliphatic rings. The molecule has 0 saturated heterocycles. The van der Waals surface area contributed by atoms with Gasteiger partial charge in [0.25, 0.3) is 0 Å². The number of nitrogens with one attached hydrogen (secondary N) is 1. The van der Waals surface area contributed by atoms with Gasteiger partial charge in [-0.3, -0.25) is 0 Å². The van der Waals surface area contributed by atoms with E-state index in [4.69, 9.17) is 5.26 Å². The van der Waals surface area contributed by atoms with Crippen LogP contribution in [0.5, 0.6) is 0 Å². The maximum atomic E-state index is 8.34. The first-order chi connectivity index (χ1) is 6.66. The Morgan fingerprint density at radius 1 is 1.36 bits per heavy atom. The highest BCUT2D eigenvalue weighted by atomic mass is 15.1. The molecule has 14 heavy (non-hydrogen) atoms. The van der Waals surface area contributed by atoms with Crippen LogP contribution < -0.4 is 5.32 Å². The average Bonchev–Trinajstić information content (AvgIpc) is 2.14. The molecule has 0 saturated carbocycles. The average molecular weight is 197 g/mol. The van der Waals surface area contributed by atoms with Crippen LogP contribution in [0.1, 0.15) is 32.6 Å². The van der Waals surface area contributed by atoms with Gasteiger partial charge >= 0.3 is 0 Å². The summed E-state index contributed by atoms with van der Waals surface area (Å²) < 4.78 is 0. The Hall–Kier alpha value is -0.590. The lowest BCUT2D eigenvalue weighted by atomic mass is 10.2. The number of unbranched alkanes of at least 4 members (excludes halogenated alkanes) is 2. The highest BCUT2D eigenvalue weighted by Gasteiger charge is 2.00. The van der Waals surface area contributed by atoms with Crippen LogP contribution in [0.15, 0.2) is 0 Å². The number of nitriles is 1. The van der Waals surface area contributed by atoms with Crippen molar-refractivity contribution in [2.75, 3.05) is 27.2 Å². The van der Waals surface area contributed by atoms with Gasteiger partial charge in [0.1, 0.15) is 0 Å². The third-order valence-corrected chi connectivity index (χ3v) is 2.22. The van der Waals surface area contributed by atoms with E-state index >= 15 is 0 Å². The molecule has 0 radical (unpaired) electrons. The second-order valence-corrected chi connectivity index (χ2v) is 4.06. The number of hydrogen-bond acceptors (Lipinski definition) is 3. The molecule has 1 atom stereocenters. The second-order valence-electron chi connectivity index (χ2n) is 4.06. The minimum absolute atomic E-state index is 0.583. The molecule has 0 heterocycles. The molecule has 0 spiro atoms. The third kappa shape index (κ3) is 9.50. The van der Waals surface area contributed by atoms with Crippen molar-refractivity contribution in [3.8, 4) is 6.07 Å². The Morgan fingerprint density at radius 2 is 2.07 bits per heavy atom. The summed E-state index contributed by atoms with van der Waals surface area (Å²) in [5.41, 5.74) is 0. The van der Waals surface area contributed by atoms with Crippen molar-refractivity contribution >= 4 is 0 Å². The van der Waals surface area contributed by atoms with E-state index in [0.29, 0.717) is 12.5 Å². The molecular formula is C11H23N3. The molecule has 0 aromatic carbocycles. The van der Waals surface area contributed by atoms with E-state index in [1.807, 2.05) is 0 Å². The SMILES string of the molecule is CC(CCN(C)C)NCCCCC#N. The Bertz CT molecular complexity index is 160. The zero-order valence-corrected chi connectivity index (χ0v) is 9.71. The third-order valence-electron chi connectivity index (χ3n) is 2.22. The van der Waals surface area contributed by atoms with Gasteiger partial charge in [0.15, 0.2) is 0 Å². The van der Waals surface area contributed by atoms with E-state index in [-0.39, 0.29) is 0 Å². The van der Waals surface area contributed by atoms with E-state index < -0.39 is 0 Å². The summed E-state index contributed by atoms with van der Waals surface area (Å²) in [5, 5.41) is 11.8. The smallest absolute Gasteiger partial charge is 0.0621 e. The predicted octanol–water partition coefficient (Wildman–Crippen LogP) is 1.61. The van der Waals surface area contributed by atoms with Crippen molar-refractivity contribution in [1.82, 2.24) is 10.2 Å². The Labute approximate surface area is 88.1 Å². The summed E-state index contributed by atoms with van der Waals surface area (Å²) in [6, 6.07) is 2.74. The zero-order chi connectivity index (χ0) is 10.8. The Kier molecular flexibility index (Phi) is 8.61. The van der Waals surface area contributed by atoms with Gasteiger partial charge in [0.05, 0.1) is 6.07 Å². The molecule has 3 nitrogen and oxygen atoms in total. The predicted molar refractivity (Wildman–Crippen MR) is 60.1 cm³/mol. The molecule has 0 aliphatic heterocycles. The fourth-order valence-electron chi connectivity index (χ4n) is 1.23. The maximum Gasteiger partial charge on any atom is 0.0621 e. The van der Waals surface area contributed by atoms with E-state index in [1.165, 1.54) is 6.42 Å². The molecule has 0 aliphatic carbocycles. The van der Waals surface area contributed by atoms with Crippen LogP contribution in [-0.2, 0) is 0 Å². The standard InChI is InChI=1S/C11H23N3/c1-11(7-10-14(2)3)13-9-6-4-5-8-12/h11,13H,4-7,9-10H2,1-3H3. The van der Waals surface area contributed by atoms with Crippen LogP contribution in [0.3, 0.4) is 0 Å². The first kappa shape index (κ1) is 13.4. The molecule has 0 bridgehead atoms. The molecule has 0 aromatic heterocycles. The van der Waals surface area contributed by atoms with Crippen LogP contribution in [0.4, 0.5) is 0 Å². The molecule has 0 fully saturated rings. The van der Waals surface area contributed by atoms with Gasteiger partial charge in [0.2, 0.25) is 0 Å². The largest absolute Gasteiger partial charge is 0.314 e. The van der Waals surface area contributed by atoms with E-state index in [2.05, 4.69) is 37.3 Å². The summed E-state index contributed by atoms with van der Waals surface area (Å²) in [6.45, 7) is 4.39. The first-order valence-electron chi connectivity index (χ1n) is 5.42. The van der Waals surface area contributed by atoms with Crippen LogP contribution in [-0.4, -0.2) is 38.1 Å². The topological polar surface area (TPSA) is 39.1 Å². The van der Waals surface area contributed by atoms with E-state index in [1.54, 1.807) is 0 Å².